The van der Waals surface area contributed by atoms with Gasteiger partial charge in [0.1, 0.15) is 0 Å². The number of nitrogens with two attached hydrogens (primary N) is 1. The van der Waals surface area contributed by atoms with Crippen LogP contribution in [-0.4, -0.2) is 11.5 Å². The fourth-order valence-electron chi connectivity index (χ4n) is 1.99. The number of fused-ring (bicyclic) bond motifs is 1. The molecule has 2 heteroatoms. The maximum absolute atomic E-state index is 5.58. The largest absolute Gasteiger partial charge is 0.361 e. The van der Waals surface area contributed by atoms with Crippen LogP contribution in [0, 0.1) is 13.8 Å². The van der Waals surface area contributed by atoms with E-state index in [9.17, 15) is 0 Å². The molecule has 14 heavy (non-hydrogen) atoms. The molecule has 2 nitrogen and oxygen atoms in total. The van der Waals surface area contributed by atoms with E-state index in [4.69, 9.17) is 5.73 Å². The van der Waals surface area contributed by atoms with Crippen molar-refractivity contribution >= 4 is 10.9 Å². The molecular weight excluding hydrogens is 172 g/mol. The van der Waals surface area contributed by atoms with E-state index in [2.05, 4.69) is 37.2 Å². The molecule has 0 bridgehead atoms. The first-order valence-corrected chi connectivity index (χ1v) is 5.00. The third-order valence-electron chi connectivity index (χ3n) is 2.75. The van der Waals surface area contributed by atoms with Gasteiger partial charge in [0, 0.05) is 17.1 Å². The highest BCUT2D eigenvalue weighted by Gasteiger charge is 2.06. The predicted molar refractivity (Wildman–Crippen MR) is 60.5 cm³/mol. The fourth-order valence-corrected chi connectivity index (χ4v) is 1.99. The summed E-state index contributed by atoms with van der Waals surface area (Å²) in [6, 6.07) is 4.33. The van der Waals surface area contributed by atoms with Crippen LogP contribution < -0.4 is 5.73 Å². The summed E-state index contributed by atoms with van der Waals surface area (Å²) in [5.74, 6) is 0. The lowest BCUT2D eigenvalue weighted by atomic mass is 10.0. The van der Waals surface area contributed by atoms with Gasteiger partial charge in [0.2, 0.25) is 0 Å². The lowest BCUT2D eigenvalue weighted by Gasteiger charge is -2.02. The number of H-pyrrole nitrogens is 1. The second-order valence-corrected chi connectivity index (χ2v) is 3.80. The lowest BCUT2D eigenvalue weighted by molar-refractivity contribution is 0.976. The lowest BCUT2D eigenvalue weighted by Crippen LogP contribution is -2.02. The van der Waals surface area contributed by atoms with Crippen molar-refractivity contribution in [1.82, 2.24) is 4.98 Å². The number of hydrogen-bond acceptors (Lipinski definition) is 1. The molecule has 0 saturated heterocycles. The summed E-state index contributed by atoms with van der Waals surface area (Å²) in [6.07, 6.45) is 3.03. The number of aromatic nitrogens is 1. The number of aryl methyl sites for hydroxylation is 2. The molecule has 1 aromatic carbocycles. The average Bonchev–Trinajstić information content (AvgIpc) is 2.58. The van der Waals surface area contributed by atoms with Crippen molar-refractivity contribution in [3.8, 4) is 0 Å². The van der Waals surface area contributed by atoms with Crippen molar-refractivity contribution in [3.05, 3.63) is 35.0 Å². The minimum atomic E-state index is 0.709. The highest BCUT2D eigenvalue weighted by Crippen LogP contribution is 2.25. The molecule has 0 aliphatic heterocycles. The van der Waals surface area contributed by atoms with Gasteiger partial charge in [0.25, 0.3) is 0 Å². The summed E-state index contributed by atoms with van der Waals surface area (Å²) in [5.41, 5.74) is 10.8. The van der Waals surface area contributed by atoms with Crippen molar-refractivity contribution < 1.29 is 0 Å². The van der Waals surface area contributed by atoms with Gasteiger partial charge in [-0.2, -0.15) is 0 Å². The molecule has 74 valence electrons. The molecule has 0 aliphatic carbocycles. The number of hydrogen-bond donors (Lipinski definition) is 2. The predicted octanol–water partition coefficient (Wildman–Crippen LogP) is 2.29. The van der Waals surface area contributed by atoms with E-state index in [1.54, 1.807) is 0 Å². The summed E-state index contributed by atoms with van der Waals surface area (Å²) in [4.78, 5) is 3.33. The van der Waals surface area contributed by atoms with Crippen LogP contribution in [0.15, 0.2) is 18.3 Å². The molecule has 0 fully saturated rings. The SMILES string of the molecule is Cc1ccc(C)c2c(CCN)c[nH]c12. The fraction of sp³-hybridized carbons (Fsp3) is 0.333. The zero-order chi connectivity index (χ0) is 10.1. The first-order valence-electron chi connectivity index (χ1n) is 5.00. The Morgan fingerprint density at radius 3 is 2.64 bits per heavy atom. The Labute approximate surface area is 84.1 Å². The first kappa shape index (κ1) is 9.28. The van der Waals surface area contributed by atoms with Crippen molar-refractivity contribution in [2.75, 3.05) is 6.54 Å². The number of aromatic amines is 1. The van der Waals surface area contributed by atoms with Gasteiger partial charge in [-0.15, -0.1) is 0 Å². The van der Waals surface area contributed by atoms with Crippen molar-refractivity contribution in [3.63, 3.8) is 0 Å². The van der Waals surface area contributed by atoms with Crippen LogP contribution in [0.5, 0.6) is 0 Å². The summed E-state index contributed by atoms with van der Waals surface area (Å²) in [6.45, 7) is 4.99. The molecule has 0 spiro atoms. The van der Waals surface area contributed by atoms with Crippen molar-refractivity contribution in [1.29, 1.82) is 0 Å². The van der Waals surface area contributed by atoms with Crippen LogP contribution in [0.3, 0.4) is 0 Å². The van der Waals surface area contributed by atoms with Crippen LogP contribution in [0.1, 0.15) is 16.7 Å². The Kier molecular flexibility index (Phi) is 2.30. The summed E-state index contributed by atoms with van der Waals surface area (Å²) in [5, 5.41) is 1.36. The Morgan fingerprint density at radius 1 is 1.21 bits per heavy atom. The van der Waals surface area contributed by atoms with Gasteiger partial charge in [-0.25, -0.2) is 0 Å². The average molecular weight is 188 g/mol. The van der Waals surface area contributed by atoms with Gasteiger partial charge < -0.3 is 10.7 Å². The Hall–Kier alpha value is -1.28. The van der Waals surface area contributed by atoms with E-state index < -0.39 is 0 Å². The molecule has 2 rings (SSSR count). The minimum Gasteiger partial charge on any atom is -0.361 e. The van der Waals surface area contributed by atoms with E-state index in [-0.39, 0.29) is 0 Å². The zero-order valence-electron chi connectivity index (χ0n) is 8.72. The van der Waals surface area contributed by atoms with E-state index in [1.807, 2.05) is 0 Å². The van der Waals surface area contributed by atoms with Crippen LogP contribution in [0.2, 0.25) is 0 Å². The number of nitrogens with one attached hydrogen (secondary N) is 1. The van der Waals surface area contributed by atoms with Crippen molar-refractivity contribution in [2.24, 2.45) is 5.73 Å². The monoisotopic (exact) mass is 188 g/mol. The second-order valence-electron chi connectivity index (χ2n) is 3.80. The maximum atomic E-state index is 5.58. The minimum absolute atomic E-state index is 0.709. The molecule has 0 aliphatic rings. The van der Waals surface area contributed by atoms with Crippen LogP contribution in [0.4, 0.5) is 0 Å². The van der Waals surface area contributed by atoms with E-state index in [0.29, 0.717) is 6.54 Å². The molecule has 1 heterocycles. The van der Waals surface area contributed by atoms with Gasteiger partial charge in [0.05, 0.1) is 0 Å². The smallest absolute Gasteiger partial charge is 0.0489 e. The highest BCUT2D eigenvalue weighted by atomic mass is 14.7. The zero-order valence-corrected chi connectivity index (χ0v) is 8.72. The second kappa shape index (κ2) is 3.46. The topological polar surface area (TPSA) is 41.8 Å². The summed E-state index contributed by atoms with van der Waals surface area (Å²) in [7, 11) is 0. The van der Waals surface area contributed by atoms with Crippen LogP contribution in [0.25, 0.3) is 10.9 Å². The van der Waals surface area contributed by atoms with E-state index >= 15 is 0 Å². The van der Waals surface area contributed by atoms with Gasteiger partial charge in [-0.1, -0.05) is 12.1 Å². The quantitative estimate of drug-likeness (QED) is 0.746. The normalized spacial score (nSPS) is 11.1. The maximum Gasteiger partial charge on any atom is 0.0489 e. The van der Waals surface area contributed by atoms with E-state index in [1.165, 1.54) is 27.6 Å². The third kappa shape index (κ3) is 1.32. The molecule has 2 aromatic rings. The Morgan fingerprint density at radius 2 is 1.93 bits per heavy atom. The first-order chi connectivity index (χ1) is 6.74. The molecule has 0 saturated carbocycles. The molecule has 0 amide bonds. The highest BCUT2D eigenvalue weighted by molar-refractivity contribution is 5.88. The van der Waals surface area contributed by atoms with Crippen molar-refractivity contribution in [2.45, 2.75) is 20.3 Å². The standard InChI is InChI=1S/C12H16N2/c1-8-3-4-9(2)12-11(8)10(5-6-13)7-14-12/h3-4,7,14H,5-6,13H2,1-2H3. The molecule has 3 N–H and O–H groups in total. The Bertz CT molecular complexity index is 455. The van der Waals surface area contributed by atoms with Crippen LogP contribution >= 0.6 is 0 Å². The summed E-state index contributed by atoms with van der Waals surface area (Å²) >= 11 is 0. The molecular formula is C12H16N2. The Balaban J connectivity index is 2.70. The van der Waals surface area contributed by atoms with Gasteiger partial charge in [-0.3, -0.25) is 0 Å². The number of benzene rings is 1. The van der Waals surface area contributed by atoms with Gasteiger partial charge in [-0.05, 0) is 43.5 Å². The molecule has 0 radical (unpaired) electrons. The molecule has 0 atom stereocenters. The molecule has 0 unspecified atom stereocenters. The van der Waals surface area contributed by atoms with Gasteiger partial charge in [0.15, 0.2) is 0 Å². The summed E-state index contributed by atoms with van der Waals surface area (Å²) < 4.78 is 0. The van der Waals surface area contributed by atoms with E-state index in [0.717, 1.165) is 6.42 Å². The third-order valence-corrected chi connectivity index (χ3v) is 2.75. The van der Waals surface area contributed by atoms with Crippen LogP contribution in [-0.2, 0) is 6.42 Å². The van der Waals surface area contributed by atoms with Gasteiger partial charge >= 0.3 is 0 Å². The number of rotatable bonds is 2. The molecule has 1 aromatic heterocycles.